The maximum absolute atomic E-state index is 3.15. The lowest BCUT2D eigenvalue weighted by molar-refractivity contribution is 1.51. The van der Waals surface area contributed by atoms with E-state index in [9.17, 15) is 0 Å². The molecule has 0 radical (unpaired) electrons. The van der Waals surface area contributed by atoms with Crippen molar-refractivity contribution in [3.8, 4) is 0 Å². The predicted octanol–water partition coefficient (Wildman–Crippen LogP) is 2.42. The van der Waals surface area contributed by atoms with Crippen molar-refractivity contribution in [3.63, 3.8) is 0 Å². The van der Waals surface area contributed by atoms with E-state index in [1.54, 1.807) is 11.9 Å². The lowest BCUT2D eigenvalue weighted by atomic mass is 10.3. The number of anilines is 2. The van der Waals surface area contributed by atoms with Gasteiger partial charge in [-0.3, -0.25) is 0 Å². The Bertz CT molecular complexity index is 208. The Labute approximate surface area is 71.5 Å². The first-order valence-corrected chi connectivity index (χ1v) is 4.66. The summed E-state index contributed by atoms with van der Waals surface area (Å²) in [5.41, 5.74) is 2.27. The number of rotatable bonds is 3. The van der Waals surface area contributed by atoms with Crippen LogP contribution >= 0.6 is 11.9 Å². The molecule has 11 heavy (non-hydrogen) atoms. The minimum Gasteiger partial charge on any atom is -0.388 e. The van der Waals surface area contributed by atoms with E-state index in [0.717, 1.165) is 11.4 Å². The van der Waals surface area contributed by atoms with Gasteiger partial charge in [-0.1, -0.05) is 11.9 Å². The minimum absolute atomic E-state index is 1.14. The molecule has 0 fully saturated rings. The van der Waals surface area contributed by atoms with Gasteiger partial charge in [-0.15, -0.1) is 0 Å². The summed E-state index contributed by atoms with van der Waals surface area (Å²) < 4.78 is 3.15. The van der Waals surface area contributed by atoms with Gasteiger partial charge in [-0.05, 0) is 24.3 Å². The van der Waals surface area contributed by atoms with E-state index in [1.165, 1.54) is 0 Å². The molecule has 0 amide bonds. The van der Waals surface area contributed by atoms with Crippen LogP contribution in [-0.4, -0.2) is 13.3 Å². The first-order valence-electron chi connectivity index (χ1n) is 3.43. The standard InChI is InChI=1S/C8H12N2S/c1-9-7-3-5-8(6-4-7)10-11-2/h3-6,9-10H,1-2H3. The Kier molecular flexibility index (Phi) is 3.11. The third-order valence-corrected chi connectivity index (χ3v) is 1.83. The average Bonchev–Trinajstić information content (AvgIpc) is 2.07. The highest BCUT2D eigenvalue weighted by atomic mass is 32.2. The van der Waals surface area contributed by atoms with Gasteiger partial charge in [0.25, 0.3) is 0 Å². The lowest BCUT2D eigenvalue weighted by Gasteiger charge is -2.03. The van der Waals surface area contributed by atoms with E-state index in [1.807, 2.05) is 37.6 Å². The highest BCUT2D eigenvalue weighted by Crippen LogP contribution is 2.14. The number of hydrogen-bond acceptors (Lipinski definition) is 3. The average molecular weight is 168 g/mol. The van der Waals surface area contributed by atoms with Crippen LogP contribution in [0.5, 0.6) is 0 Å². The Hall–Kier alpha value is -0.830. The fraction of sp³-hybridized carbons (Fsp3) is 0.250. The maximum Gasteiger partial charge on any atom is 0.0441 e. The fourth-order valence-electron chi connectivity index (χ4n) is 0.823. The summed E-state index contributed by atoms with van der Waals surface area (Å²) in [4.78, 5) is 0. The number of nitrogens with one attached hydrogen (secondary N) is 2. The van der Waals surface area contributed by atoms with Crippen LogP contribution in [0.15, 0.2) is 24.3 Å². The van der Waals surface area contributed by atoms with Gasteiger partial charge in [0.05, 0.1) is 0 Å². The summed E-state index contributed by atoms with van der Waals surface area (Å²) in [6.45, 7) is 0. The van der Waals surface area contributed by atoms with E-state index in [0.29, 0.717) is 0 Å². The van der Waals surface area contributed by atoms with E-state index in [2.05, 4.69) is 10.0 Å². The van der Waals surface area contributed by atoms with Crippen molar-refractivity contribution in [1.82, 2.24) is 0 Å². The first-order chi connectivity index (χ1) is 5.36. The monoisotopic (exact) mass is 168 g/mol. The zero-order valence-corrected chi connectivity index (χ0v) is 7.53. The molecule has 0 spiro atoms. The van der Waals surface area contributed by atoms with Crippen LogP contribution in [0.3, 0.4) is 0 Å². The molecule has 2 N–H and O–H groups in total. The molecule has 0 heterocycles. The molecular weight excluding hydrogens is 156 g/mol. The highest BCUT2D eigenvalue weighted by molar-refractivity contribution is 7.99. The summed E-state index contributed by atoms with van der Waals surface area (Å²) in [6.07, 6.45) is 2.01. The molecular formula is C8H12N2S. The molecule has 0 aromatic heterocycles. The van der Waals surface area contributed by atoms with Crippen molar-refractivity contribution in [2.24, 2.45) is 0 Å². The van der Waals surface area contributed by atoms with Gasteiger partial charge < -0.3 is 10.0 Å². The summed E-state index contributed by atoms with van der Waals surface area (Å²) in [5.74, 6) is 0. The third-order valence-electron chi connectivity index (χ3n) is 1.39. The summed E-state index contributed by atoms with van der Waals surface area (Å²) in [5, 5.41) is 3.06. The predicted molar refractivity (Wildman–Crippen MR) is 53.1 cm³/mol. The second-order valence-electron chi connectivity index (χ2n) is 2.13. The Morgan fingerprint density at radius 3 is 2.09 bits per heavy atom. The smallest absolute Gasteiger partial charge is 0.0441 e. The largest absolute Gasteiger partial charge is 0.388 e. The van der Waals surface area contributed by atoms with Crippen molar-refractivity contribution < 1.29 is 0 Å². The second kappa shape index (κ2) is 4.13. The van der Waals surface area contributed by atoms with E-state index >= 15 is 0 Å². The third kappa shape index (κ3) is 2.35. The first kappa shape index (κ1) is 8.27. The number of benzene rings is 1. The van der Waals surface area contributed by atoms with Crippen molar-refractivity contribution in [2.75, 3.05) is 23.3 Å². The van der Waals surface area contributed by atoms with Crippen LogP contribution in [0.1, 0.15) is 0 Å². The normalized spacial score (nSPS) is 9.27. The second-order valence-corrected chi connectivity index (χ2v) is 2.75. The Balaban J connectivity index is 2.66. The molecule has 3 heteroatoms. The topological polar surface area (TPSA) is 24.1 Å². The summed E-state index contributed by atoms with van der Waals surface area (Å²) in [7, 11) is 1.91. The van der Waals surface area contributed by atoms with Gasteiger partial charge in [0, 0.05) is 24.7 Å². The van der Waals surface area contributed by atoms with Crippen molar-refractivity contribution >= 4 is 23.3 Å². The van der Waals surface area contributed by atoms with Crippen molar-refractivity contribution in [1.29, 1.82) is 0 Å². The molecule has 0 saturated heterocycles. The zero-order valence-electron chi connectivity index (χ0n) is 6.72. The van der Waals surface area contributed by atoms with Crippen LogP contribution < -0.4 is 10.0 Å². The van der Waals surface area contributed by atoms with E-state index in [-0.39, 0.29) is 0 Å². The van der Waals surface area contributed by atoms with Crippen LogP contribution in [0, 0.1) is 0 Å². The molecule has 1 aromatic carbocycles. The minimum atomic E-state index is 1.14. The Morgan fingerprint density at radius 2 is 1.64 bits per heavy atom. The van der Waals surface area contributed by atoms with Gasteiger partial charge in [0.1, 0.15) is 0 Å². The molecule has 0 saturated carbocycles. The molecule has 0 bridgehead atoms. The Morgan fingerprint density at radius 1 is 1.09 bits per heavy atom. The van der Waals surface area contributed by atoms with Crippen LogP contribution in [0.4, 0.5) is 11.4 Å². The highest BCUT2D eigenvalue weighted by Gasteiger charge is 1.89. The zero-order chi connectivity index (χ0) is 8.10. The maximum atomic E-state index is 3.15. The van der Waals surface area contributed by atoms with Gasteiger partial charge in [-0.25, -0.2) is 0 Å². The van der Waals surface area contributed by atoms with E-state index < -0.39 is 0 Å². The van der Waals surface area contributed by atoms with Gasteiger partial charge in [0.15, 0.2) is 0 Å². The fourth-order valence-corrected chi connectivity index (χ4v) is 1.19. The van der Waals surface area contributed by atoms with Gasteiger partial charge >= 0.3 is 0 Å². The molecule has 1 aromatic rings. The van der Waals surface area contributed by atoms with E-state index in [4.69, 9.17) is 0 Å². The molecule has 0 atom stereocenters. The molecule has 1 rings (SSSR count). The van der Waals surface area contributed by atoms with Crippen LogP contribution in [0.2, 0.25) is 0 Å². The molecule has 0 aliphatic heterocycles. The number of hydrogen-bond donors (Lipinski definition) is 2. The lowest BCUT2D eigenvalue weighted by Crippen LogP contribution is -1.88. The summed E-state index contributed by atoms with van der Waals surface area (Å²) >= 11 is 1.60. The molecule has 0 unspecified atom stereocenters. The molecule has 0 aliphatic carbocycles. The van der Waals surface area contributed by atoms with Crippen molar-refractivity contribution in [3.05, 3.63) is 24.3 Å². The quantitative estimate of drug-likeness (QED) is 0.678. The molecule has 60 valence electrons. The van der Waals surface area contributed by atoms with Gasteiger partial charge in [-0.2, -0.15) is 0 Å². The molecule has 0 aliphatic rings. The molecule has 2 nitrogen and oxygen atoms in total. The SMILES string of the molecule is CNc1ccc(NSC)cc1. The van der Waals surface area contributed by atoms with Crippen molar-refractivity contribution in [2.45, 2.75) is 0 Å². The van der Waals surface area contributed by atoms with Crippen LogP contribution in [-0.2, 0) is 0 Å². The van der Waals surface area contributed by atoms with Crippen LogP contribution in [0.25, 0.3) is 0 Å². The summed E-state index contributed by atoms with van der Waals surface area (Å²) in [6, 6.07) is 8.17. The van der Waals surface area contributed by atoms with Gasteiger partial charge in [0.2, 0.25) is 0 Å².